The zero-order valence-electron chi connectivity index (χ0n) is 16.2. The number of aromatic nitrogens is 2. The summed E-state index contributed by atoms with van der Waals surface area (Å²) >= 11 is 0. The smallest absolute Gasteiger partial charge is 0.231 e. The van der Waals surface area contributed by atoms with Crippen LogP contribution in [0.1, 0.15) is 31.1 Å². The summed E-state index contributed by atoms with van der Waals surface area (Å²) in [6.07, 6.45) is 3.48. The predicted octanol–water partition coefficient (Wildman–Crippen LogP) is 2.45. The van der Waals surface area contributed by atoms with Gasteiger partial charge in [0.15, 0.2) is 11.5 Å². The van der Waals surface area contributed by atoms with Crippen molar-refractivity contribution in [1.29, 1.82) is 0 Å². The Morgan fingerprint density at radius 3 is 2.86 bits per heavy atom. The van der Waals surface area contributed by atoms with Gasteiger partial charge in [-0.1, -0.05) is 5.16 Å². The van der Waals surface area contributed by atoms with Gasteiger partial charge in [0.1, 0.15) is 0 Å². The molecule has 152 valence electrons. The molecule has 8 heteroatoms. The molecule has 2 aliphatic heterocycles. The molecule has 4 atom stereocenters. The topological polar surface area (TPSA) is 86.9 Å². The van der Waals surface area contributed by atoms with Gasteiger partial charge < -0.3 is 23.6 Å². The molecule has 0 N–H and O–H groups in total. The number of hydrogen-bond acceptors (Lipinski definition) is 7. The van der Waals surface area contributed by atoms with Crippen molar-refractivity contribution in [1.82, 2.24) is 15.0 Å². The summed E-state index contributed by atoms with van der Waals surface area (Å²) < 4.78 is 21.8. The van der Waals surface area contributed by atoms with Gasteiger partial charge >= 0.3 is 0 Å². The second-order valence-electron chi connectivity index (χ2n) is 8.51. The first-order chi connectivity index (χ1) is 14.2. The molecule has 4 aliphatic rings. The van der Waals surface area contributed by atoms with E-state index in [-0.39, 0.29) is 30.6 Å². The van der Waals surface area contributed by atoms with Crippen molar-refractivity contribution in [2.45, 2.75) is 31.3 Å². The summed E-state index contributed by atoms with van der Waals surface area (Å²) in [6, 6.07) is 5.62. The van der Waals surface area contributed by atoms with Gasteiger partial charge in [-0.3, -0.25) is 4.79 Å². The molecule has 2 bridgehead atoms. The number of amides is 1. The monoisotopic (exact) mass is 397 g/mol. The van der Waals surface area contributed by atoms with E-state index in [9.17, 15) is 4.79 Å². The molecular weight excluding hydrogens is 374 g/mol. The minimum absolute atomic E-state index is 0.0121. The van der Waals surface area contributed by atoms with Crippen molar-refractivity contribution in [3.8, 4) is 22.9 Å². The summed E-state index contributed by atoms with van der Waals surface area (Å²) in [5.74, 6) is 3.56. The lowest BCUT2D eigenvalue weighted by Crippen LogP contribution is -2.57. The van der Waals surface area contributed by atoms with Crippen LogP contribution in [0, 0.1) is 17.8 Å². The lowest BCUT2D eigenvalue weighted by Gasteiger charge is -2.41. The van der Waals surface area contributed by atoms with Crippen molar-refractivity contribution in [2.75, 3.05) is 27.0 Å². The molecule has 2 aliphatic carbocycles. The molecule has 2 saturated carbocycles. The van der Waals surface area contributed by atoms with Gasteiger partial charge in [-0.05, 0) is 49.3 Å². The van der Waals surface area contributed by atoms with E-state index in [2.05, 4.69) is 5.16 Å². The Labute approximate surface area is 168 Å². The Kier molecular flexibility index (Phi) is 3.84. The molecule has 0 unspecified atom stereocenters. The number of benzene rings is 1. The molecule has 3 heterocycles. The van der Waals surface area contributed by atoms with E-state index in [1.807, 2.05) is 23.1 Å². The average Bonchev–Trinajstić information content (AvgIpc) is 3.49. The second-order valence-corrected chi connectivity index (χ2v) is 8.51. The number of fused-ring (bicyclic) bond motifs is 3. The van der Waals surface area contributed by atoms with Crippen LogP contribution in [0.2, 0.25) is 0 Å². The summed E-state index contributed by atoms with van der Waals surface area (Å²) in [5.41, 5.74) is 0.820. The molecule has 0 radical (unpaired) electrons. The molecular formula is C21H23N3O5. The van der Waals surface area contributed by atoms with Crippen molar-refractivity contribution >= 4 is 5.91 Å². The van der Waals surface area contributed by atoms with Crippen LogP contribution in [0.15, 0.2) is 22.7 Å². The molecule has 29 heavy (non-hydrogen) atoms. The SMILES string of the molecule is COC1CN(C(=O)[C@H]2[C@H]3CC[C@H](C3)[C@@H]2c2nc(-c3ccc4c(c3)OCO4)no2)C1. The quantitative estimate of drug-likeness (QED) is 0.783. The van der Waals surface area contributed by atoms with E-state index in [0.717, 1.165) is 30.6 Å². The molecule has 6 rings (SSSR count). The van der Waals surface area contributed by atoms with Gasteiger partial charge in [0.25, 0.3) is 0 Å². The van der Waals surface area contributed by atoms with E-state index in [4.69, 9.17) is 23.7 Å². The van der Waals surface area contributed by atoms with Crippen molar-refractivity contribution < 1.29 is 23.5 Å². The number of rotatable bonds is 4. The third-order valence-corrected chi connectivity index (χ3v) is 7.05. The fourth-order valence-corrected chi connectivity index (χ4v) is 5.50. The highest BCUT2D eigenvalue weighted by Gasteiger charge is 2.55. The number of carbonyl (C=O) groups is 1. The Hall–Kier alpha value is -2.61. The van der Waals surface area contributed by atoms with Gasteiger partial charge in [0, 0.05) is 25.8 Å². The minimum atomic E-state index is -0.0587. The van der Waals surface area contributed by atoms with Crippen LogP contribution >= 0.6 is 0 Å². The molecule has 2 aromatic rings. The Morgan fingerprint density at radius 2 is 2.00 bits per heavy atom. The van der Waals surface area contributed by atoms with Crippen LogP contribution in [-0.4, -0.2) is 54.0 Å². The number of carbonyl (C=O) groups excluding carboxylic acids is 1. The van der Waals surface area contributed by atoms with Crippen LogP contribution in [-0.2, 0) is 9.53 Å². The van der Waals surface area contributed by atoms with Crippen molar-refractivity contribution in [3.63, 3.8) is 0 Å². The summed E-state index contributed by atoms with van der Waals surface area (Å²) in [5, 5.41) is 4.21. The number of likely N-dealkylation sites (tertiary alicyclic amines) is 1. The van der Waals surface area contributed by atoms with Crippen molar-refractivity contribution in [3.05, 3.63) is 24.1 Å². The fraction of sp³-hybridized carbons (Fsp3) is 0.571. The Morgan fingerprint density at radius 1 is 1.17 bits per heavy atom. The van der Waals surface area contributed by atoms with Gasteiger partial charge in [-0.15, -0.1) is 0 Å². The number of hydrogen-bond donors (Lipinski definition) is 0. The average molecular weight is 397 g/mol. The van der Waals surface area contributed by atoms with E-state index in [1.54, 1.807) is 7.11 Å². The van der Waals surface area contributed by atoms with Gasteiger partial charge in [-0.25, -0.2) is 0 Å². The lowest BCUT2D eigenvalue weighted by atomic mass is 9.78. The highest BCUT2D eigenvalue weighted by Crippen LogP contribution is 2.57. The number of ether oxygens (including phenoxy) is 3. The maximum Gasteiger partial charge on any atom is 0.231 e. The van der Waals surface area contributed by atoms with Crippen molar-refractivity contribution in [2.24, 2.45) is 17.8 Å². The van der Waals surface area contributed by atoms with E-state index in [0.29, 0.717) is 42.4 Å². The fourth-order valence-electron chi connectivity index (χ4n) is 5.50. The standard InChI is InChI=1S/C21H23N3O5/c1-26-14-8-24(9-14)21(25)18-12-3-2-11(6-12)17(18)20-22-19(23-29-20)13-4-5-15-16(7-13)28-10-27-15/h4-5,7,11-12,14,17-18H,2-3,6,8-10H2,1H3/t11-,12+,17+,18+/m1/s1. The summed E-state index contributed by atoms with van der Waals surface area (Å²) in [4.78, 5) is 19.8. The molecule has 3 fully saturated rings. The van der Waals surface area contributed by atoms with E-state index in [1.165, 1.54) is 0 Å². The third-order valence-electron chi connectivity index (χ3n) is 7.05. The molecule has 0 spiro atoms. The summed E-state index contributed by atoms with van der Waals surface area (Å²) in [7, 11) is 1.70. The highest BCUT2D eigenvalue weighted by atomic mass is 16.7. The van der Waals surface area contributed by atoms with E-state index < -0.39 is 0 Å². The second kappa shape index (κ2) is 6.45. The zero-order valence-corrected chi connectivity index (χ0v) is 16.2. The molecule has 1 aromatic carbocycles. The normalized spacial score (nSPS) is 30.0. The van der Waals surface area contributed by atoms with Gasteiger partial charge in [0.2, 0.25) is 24.4 Å². The minimum Gasteiger partial charge on any atom is -0.454 e. The first kappa shape index (κ1) is 17.3. The maximum absolute atomic E-state index is 13.2. The molecule has 1 aromatic heterocycles. The number of methoxy groups -OCH3 is 1. The predicted molar refractivity (Wildman–Crippen MR) is 100 cm³/mol. The zero-order chi connectivity index (χ0) is 19.5. The first-order valence-corrected chi connectivity index (χ1v) is 10.3. The maximum atomic E-state index is 13.2. The highest BCUT2D eigenvalue weighted by molar-refractivity contribution is 5.81. The van der Waals surface area contributed by atoms with Crippen LogP contribution in [0.4, 0.5) is 0 Å². The largest absolute Gasteiger partial charge is 0.454 e. The first-order valence-electron chi connectivity index (χ1n) is 10.3. The van der Waals surface area contributed by atoms with Gasteiger partial charge in [-0.2, -0.15) is 4.98 Å². The molecule has 8 nitrogen and oxygen atoms in total. The lowest BCUT2D eigenvalue weighted by molar-refractivity contribution is -0.150. The molecule has 1 saturated heterocycles. The van der Waals surface area contributed by atoms with Crippen LogP contribution in [0.3, 0.4) is 0 Å². The summed E-state index contributed by atoms with van der Waals surface area (Å²) in [6.45, 7) is 1.59. The Bertz CT molecular complexity index is 954. The molecule has 1 amide bonds. The van der Waals surface area contributed by atoms with Gasteiger partial charge in [0.05, 0.1) is 17.9 Å². The van der Waals surface area contributed by atoms with E-state index >= 15 is 0 Å². The van der Waals surface area contributed by atoms with Crippen LogP contribution < -0.4 is 9.47 Å². The number of nitrogens with zero attached hydrogens (tertiary/aromatic N) is 3. The van der Waals surface area contributed by atoms with Crippen LogP contribution in [0.5, 0.6) is 11.5 Å². The Balaban J connectivity index is 1.27. The van der Waals surface area contributed by atoms with Crippen LogP contribution in [0.25, 0.3) is 11.4 Å². The third kappa shape index (κ3) is 2.65.